The zero-order chi connectivity index (χ0) is 14.2. The Morgan fingerprint density at radius 3 is 3.00 bits per heavy atom. The van der Waals surface area contributed by atoms with Crippen LogP contribution in [0.25, 0.3) is 0 Å². The molecule has 4 rings (SSSR count). The van der Waals surface area contributed by atoms with Crippen LogP contribution in [0.3, 0.4) is 0 Å². The van der Waals surface area contributed by atoms with Crippen LogP contribution >= 0.6 is 0 Å². The van der Waals surface area contributed by atoms with Crippen LogP contribution in [-0.4, -0.2) is 36.5 Å². The van der Waals surface area contributed by atoms with Gasteiger partial charge in [-0.1, -0.05) is 24.3 Å². The number of hydrogen-bond donors (Lipinski definition) is 0. The summed E-state index contributed by atoms with van der Waals surface area (Å²) in [5.41, 5.74) is 3.93. The van der Waals surface area contributed by atoms with E-state index in [4.69, 9.17) is 4.74 Å². The van der Waals surface area contributed by atoms with Crippen molar-refractivity contribution in [3.05, 3.63) is 53.4 Å². The summed E-state index contributed by atoms with van der Waals surface area (Å²) in [7, 11) is 2.23. The Morgan fingerprint density at radius 2 is 2.14 bits per heavy atom. The summed E-state index contributed by atoms with van der Waals surface area (Å²) in [4.78, 5) is 4.86. The molecule has 0 bridgehead atoms. The van der Waals surface area contributed by atoms with Gasteiger partial charge in [0.15, 0.2) is 0 Å². The number of hydrogen-bond acceptors (Lipinski definition) is 3. The van der Waals surface area contributed by atoms with Gasteiger partial charge in [0.05, 0.1) is 5.70 Å². The molecule has 0 spiro atoms. The first-order valence-electron chi connectivity index (χ1n) is 7.87. The van der Waals surface area contributed by atoms with Crippen molar-refractivity contribution in [2.24, 2.45) is 5.92 Å². The van der Waals surface area contributed by atoms with Crippen molar-refractivity contribution in [2.75, 3.05) is 26.7 Å². The number of nitrogens with zero attached hydrogens (tertiary/aromatic N) is 2. The third kappa shape index (κ3) is 2.70. The van der Waals surface area contributed by atoms with E-state index in [-0.39, 0.29) is 0 Å². The van der Waals surface area contributed by atoms with E-state index in [1.807, 2.05) is 12.3 Å². The quantitative estimate of drug-likeness (QED) is 0.844. The Hall–Kier alpha value is -1.74. The second-order valence-electron chi connectivity index (χ2n) is 6.48. The van der Waals surface area contributed by atoms with Gasteiger partial charge < -0.3 is 14.5 Å². The Kier molecular flexibility index (Phi) is 3.23. The third-order valence-corrected chi connectivity index (χ3v) is 4.57. The van der Waals surface area contributed by atoms with Crippen molar-refractivity contribution < 1.29 is 4.74 Å². The molecule has 21 heavy (non-hydrogen) atoms. The van der Waals surface area contributed by atoms with Gasteiger partial charge in [0.25, 0.3) is 0 Å². The summed E-state index contributed by atoms with van der Waals surface area (Å²) in [6.07, 6.45) is 7.12. The molecule has 2 aliphatic heterocycles. The summed E-state index contributed by atoms with van der Waals surface area (Å²) in [5, 5.41) is 0. The highest BCUT2D eigenvalue weighted by molar-refractivity contribution is 5.42. The monoisotopic (exact) mass is 282 g/mol. The van der Waals surface area contributed by atoms with Crippen LogP contribution < -0.4 is 4.74 Å². The SMILES string of the molecule is CN(CC1=CCN2Cc3ccccc3OC=C12)CC1CC1. The van der Waals surface area contributed by atoms with Crippen LogP contribution in [0.15, 0.2) is 47.9 Å². The molecule has 0 atom stereocenters. The minimum atomic E-state index is 0.939. The lowest BCUT2D eigenvalue weighted by Crippen LogP contribution is -2.25. The van der Waals surface area contributed by atoms with Gasteiger partial charge in [-0.15, -0.1) is 0 Å². The molecule has 1 saturated carbocycles. The molecule has 2 heterocycles. The highest BCUT2D eigenvalue weighted by atomic mass is 16.5. The average Bonchev–Trinajstić information content (AvgIpc) is 3.24. The molecule has 3 nitrogen and oxygen atoms in total. The van der Waals surface area contributed by atoms with Crippen LogP contribution in [0.4, 0.5) is 0 Å². The zero-order valence-corrected chi connectivity index (χ0v) is 12.6. The van der Waals surface area contributed by atoms with E-state index in [2.05, 4.69) is 41.1 Å². The first kappa shape index (κ1) is 13.0. The molecule has 1 fully saturated rings. The van der Waals surface area contributed by atoms with Gasteiger partial charge in [-0.05, 0) is 37.4 Å². The number of rotatable bonds is 4. The fourth-order valence-electron chi connectivity index (χ4n) is 3.24. The van der Waals surface area contributed by atoms with Gasteiger partial charge >= 0.3 is 0 Å². The molecule has 110 valence electrons. The minimum Gasteiger partial charge on any atom is -0.462 e. The number of benzene rings is 1. The molecule has 0 aromatic heterocycles. The van der Waals surface area contributed by atoms with E-state index < -0.39 is 0 Å². The maximum atomic E-state index is 5.90. The largest absolute Gasteiger partial charge is 0.462 e. The molecule has 0 N–H and O–H groups in total. The summed E-state index contributed by atoms with van der Waals surface area (Å²) in [6, 6.07) is 8.33. The summed E-state index contributed by atoms with van der Waals surface area (Å²) in [6.45, 7) is 4.19. The Bertz CT molecular complexity index is 601. The highest BCUT2D eigenvalue weighted by Gasteiger charge is 2.27. The second-order valence-corrected chi connectivity index (χ2v) is 6.48. The van der Waals surface area contributed by atoms with E-state index in [0.717, 1.165) is 31.3 Å². The number of para-hydroxylation sites is 1. The average molecular weight is 282 g/mol. The first-order chi connectivity index (χ1) is 10.3. The van der Waals surface area contributed by atoms with Gasteiger partial charge in [-0.3, -0.25) is 0 Å². The van der Waals surface area contributed by atoms with E-state index in [0.29, 0.717) is 0 Å². The molecule has 3 heteroatoms. The molecular weight excluding hydrogens is 260 g/mol. The number of fused-ring (bicyclic) bond motifs is 2. The predicted octanol–water partition coefficient (Wildman–Crippen LogP) is 3.00. The topological polar surface area (TPSA) is 15.7 Å². The van der Waals surface area contributed by atoms with Gasteiger partial charge in [0.2, 0.25) is 0 Å². The van der Waals surface area contributed by atoms with Gasteiger partial charge in [0.1, 0.15) is 12.0 Å². The van der Waals surface area contributed by atoms with Crippen LogP contribution in [0, 0.1) is 5.92 Å². The summed E-state index contributed by atoms with van der Waals surface area (Å²) in [5.74, 6) is 1.93. The number of ether oxygens (including phenoxy) is 1. The van der Waals surface area contributed by atoms with Crippen molar-refractivity contribution in [2.45, 2.75) is 19.4 Å². The fraction of sp³-hybridized carbons (Fsp3) is 0.444. The Balaban J connectivity index is 1.48. The normalized spacial score (nSPS) is 20.4. The first-order valence-corrected chi connectivity index (χ1v) is 7.87. The molecule has 1 aromatic rings. The molecular formula is C18H22N2O. The third-order valence-electron chi connectivity index (χ3n) is 4.57. The van der Waals surface area contributed by atoms with Gasteiger partial charge in [-0.2, -0.15) is 0 Å². The zero-order valence-electron chi connectivity index (χ0n) is 12.6. The molecule has 1 aliphatic carbocycles. The van der Waals surface area contributed by atoms with Crippen LogP contribution in [0.2, 0.25) is 0 Å². The second kappa shape index (κ2) is 5.23. The van der Waals surface area contributed by atoms with Crippen LogP contribution in [-0.2, 0) is 6.54 Å². The van der Waals surface area contributed by atoms with E-state index in [1.165, 1.54) is 36.2 Å². The maximum Gasteiger partial charge on any atom is 0.131 e. The van der Waals surface area contributed by atoms with E-state index >= 15 is 0 Å². The lowest BCUT2D eigenvalue weighted by atomic mass is 10.2. The summed E-state index contributed by atoms with van der Waals surface area (Å²) < 4.78 is 5.90. The molecule has 0 unspecified atom stereocenters. The Labute approximate surface area is 126 Å². The molecule has 0 amide bonds. The lowest BCUT2D eigenvalue weighted by molar-refractivity contribution is 0.339. The van der Waals surface area contributed by atoms with Crippen molar-refractivity contribution in [1.29, 1.82) is 0 Å². The molecule has 0 saturated heterocycles. The van der Waals surface area contributed by atoms with Gasteiger partial charge in [0, 0.05) is 31.7 Å². The van der Waals surface area contributed by atoms with Crippen molar-refractivity contribution in [3.63, 3.8) is 0 Å². The van der Waals surface area contributed by atoms with Crippen molar-refractivity contribution >= 4 is 0 Å². The molecule has 0 radical (unpaired) electrons. The predicted molar refractivity (Wildman–Crippen MR) is 83.9 cm³/mol. The number of likely N-dealkylation sites (N-methyl/N-ethyl adjacent to an activating group) is 1. The van der Waals surface area contributed by atoms with Gasteiger partial charge in [-0.25, -0.2) is 0 Å². The van der Waals surface area contributed by atoms with E-state index in [9.17, 15) is 0 Å². The lowest BCUT2D eigenvalue weighted by Gasteiger charge is -2.22. The van der Waals surface area contributed by atoms with E-state index in [1.54, 1.807) is 0 Å². The smallest absolute Gasteiger partial charge is 0.131 e. The summed E-state index contributed by atoms with van der Waals surface area (Å²) >= 11 is 0. The maximum absolute atomic E-state index is 5.90. The van der Waals surface area contributed by atoms with Crippen LogP contribution in [0.5, 0.6) is 5.75 Å². The molecule has 3 aliphatic rings. The fourth-order valence-corrected chi connectivity index (χ4v) is 3.24. The van der Waals surface area contributed by atoms with Crippen LogP contribution in [0.1, 0.15) is 18.4 Å². The molecule has 1 aromatic carbocycles. The Morgan fingerprint density at radius 1 is 1.29 bits per heavy atom. The van der Waals surface area contributed by atoms with Crippen molar-refractivity contribution in [1.82, 2.24) is 9.80 Å². The minimum absolute atomic E-state index is 0.939. The van der Waals surface area contributed by atoms with Crippen molar-refractivity contribution in [3.8, 4) is 5.75 Å². The standard InChI is InChI=1S/C18H22N2O/c1-19(10-14-6-7-14)11-15-8-9-20-12-16-4-2-3-5-18(16)21-13-17(15)20/h2-5,8,13-14H,6-7,9-12H2,1H3. The highest BCUT2D eigenvalue weighted by Crippen LogP contribution is 2.33.